The molecule has 0 spiro atoms. The van der Waals surface area contributed by atoms with Crippen molar-refractivity contribution >= 4 is 38.3 Å². The molecule has 3 aromatic rings. The number of hydrogen-bond acceptors (Lipinski definition) is 5. The number of nitrogens with zero attached hydrogens (tertiary/aromatic N) is 4. The van der Waals surface area contributed by atoms with Gasteiger partial charge in [-0.1, -0.05) is 29.5 Å². The Morgan fingerprint density at radius 2 is 1.93 bits per heavy atom. The molecule has 1 fully saturated rings. The number of aryl methyl sites for hydroxylation is 2. The number of thiazole rings is 1. The molecule has 0 atom stereocenters. The zero-order valence-electron chi connectivity index (χ0n) is 17.0. The molecular weight excluding hydrogens is 387 g/mol. The van der Waals surface area contributed by atoms with Crippen LogP contribution in [0.2, 0.25) is 0 Å². The van der Waals surface area contributed by atoms with E-state index in [4.69, 9.17) is 0 Å². The molecule has 0 aliphatic carbocycles. The second-order valence-corrected chi connectivity index (χ2v) is 8.61. The topological polar surface area (TPSA) is 39.7 Å². The van der Waals surface area contributed by atoms with Crippen LogP contribution in [0.5, 0.6) is 0 Å². The number of fused-ring (bicyclic) bond motifs is 1. The van der Waals surface area contributed by atoms with Crippen LogP contribution in [0.1, 0.15) is 11.1 Å². The molecular formula is C22H25FN4OS. The quantitative estimate of drug-likeness (QED) is 0.653. The molecule has 0 radical (unpaired) electrons. The van der Waals surface area contributed by atoms with Crippen LogP contribution in [-0.2, 0) is 4.79 Å². The number of para-hydroxylation sites is 1. The number of carbonyl (C=O) groups excluding carboxylic acids is 1. The first kappa shape index (κ1) is 19.6. The van der Waals surface area contributed by atoms with Crippen molar-refractivity contribution in [3.63, 3.8) is 0 Å². The molecule has 0 bridgehead atoms. The Bertz CT molecular complexity index is 1040. The molecule has 5 nitrogen and oxygen atoms in total. The molecule has 1 aliphatic heterocycles. The average Bonchev–Trinajstić information content (AvgIpc) is 3.16. The molecule has 0 saturated carbocycles. The van der Waals surface area contributed by atoms with E-state index in [9.17, 15) is 9.18 Å². The molecule has 1 amide bonds. The lowest BCUT2D eigenvalue weighted by Gasteiger charge is -2.37. The highest BCUT2D eigenvalue weighted by Gasteiger charge is 2.24. The highest BCUT2D eigenvalue weighted by Crippen LogP contribution is 2.29. The molecule has 7 heteroatoms. The van der Waals surface area contributed by atoms with Crippen molar-refractivity contribution in [3.05, 3.63) is 53.3 Å². The Morgan fingerprint density at radius 3 is 2.66 bits per heavy atom. The summed E-state index contributed by atoms with van der Waals surface area (Å²) in [4.78, 5) is 23.2. The zero-order chi connectivity index (χ0) is 20.5. The fourth-order valence-electron chi connectivity index (χ4n) is 3.69. The number of likely N-dealkylation sites (N-methyl/N-ethyl adjacent to an activating group) is 1. The Labute approximate surface area is 174 Å². The van der Waals surface area contributed by atoms with Crippen molar-refractivity contribution in [1.29, 1.82) is 0 Å². The molecule has 0 N–H and O–H groups in total. The first-order valence-corrected chi connectivity index (χ1v) is 10.6. The summed E-state index contributed by atoms with van der Waals surface area (Å²) in [7, 11) is 1.83. The van der Waals surface area contributed by atoms with E-state index in [-0.39, 0.29) is 18.3 Å². The molecule has 4 rings (SSSR count). The van der Waals surface area contributed by atoms with E-state index < -0.39 is 0 Å². The first-order valence-electron chi connectivity index (χ1n) is 9.78. The summed E-state index contributed by atoms with van der Waals surface area (Å²) < 4.78 is 14.7. The number of rotatable bonds is 4. The van der Waals surface area contributed by atoms with Gasteiger partial charge in [0.1, 0.15) is 11.3 Å². The van der Waals surface area contributed by atoms with Gasteiger partial charge in [-0.25, -0.2) is 9.37 Å². The number of carbonyl (C=O) groups is 1. The van der Waals surface area contributed by atoms with Crippen LogP contribution in [0, 0.1) is 19.7 Å². The van der Waals surface area contributed by atoms with Gasteiger partial charge in [-0.3, -0.25) is 4.79 Å². The third-order valence-corrected chi connectivity index (χ3v) is 6.53. The van der Waals surface area contributed by atoms with Crippen LogP contribution in [0.15, 0.2) is 36.4 Å². The number of halogens is 1. The van der Waals surface area contributed by atoms with Crippen molar-refractivity contribution in [2.45, 2.75) is 13.8 Å². The number of piperazine rings is 1. The first-order chi connectivity index (χ1) is 13.9. The number of anilines is 2. The van der Waals surface area contributed by atoms with Gasteiger partial charge < -0.3 is 14.7 Å². The monoisotopic (exact) mass is 412 g/mol. The van der Waals surface area contributed by atoms with Crippen LogP contribution in [0.3, 0.4) is 0 Å². The maximum Gasteiger partial charge on any atom is 0.242 e. The van der Waals surface area contributed by atoms with Crippen LogP contribution in [0.4, 0.5) is 15.2 Å². The van der Waals surface area contributed by atoms with E-state index in [0.29, 0.717) is 23.7 Å². The summed E-state index contributed by atoms with van der Waals surface area (Å²) in [5.74, 6) is -0.250. The third kappa shape index (κ3) is 4.05. The lowest BCUT2D eigenvalue weighted by Crippen LogP contribution is -2.51. The van der Waals surface area contributed by atoms with Gasteiger partial charge in [-0.2, -0.15) is 0 Å². The van der Waals surface area contributed by atoms with Gasteiger partial charge in [0.05, 0.1) is 11.2 Å². The van der Waals surface area contributed by atoms with E-state index in [2.05, 4.69) is 41.9 Å². The number of aromatic nitrogens is 1. The van der Waals surface area contributed by atoms with Crippen molar-refractivity contribution in [2.75, 3.05) is 49.6 Å². The number of amides is 1. The van der Waals surface area contributed by atoms with Crippen LogP contribution in [0.25, 0.3) is 10.2 Å². The van der Waals surface area contributed by atoms with Gasteiger partial charge in [0.15, 0.2) is 5.13 Å². The normalized spacial score (nSPS) is 14.5. The largest absolute Gasteiger partial charge is 0.368 e. The number of hydrogen-bond donors (Lipinski definition) is 0. The van der Waals surface area contributed by atoms with Gasteiger partial charge >= 0.3 is 0 Å². The molecule has 152 valence electrons. The minimum Gasteiger partial charge on any atom is -0.368 e. The predicted octanol–water partition coefficient (Wildman–Crippen LogP) is 3.84. The third-order valence-electron chi connectivity index (χ3n) is 5.40. The van der Waals surface area contributed by atoms with E-state index in [1.807, 2.05) is 22.9 Å². The lowest BCUT2D eigenvalue weighted by atomic mass is 10.1. The van der Waals surface area contributed by atoms with Crippen LogP contribution < -0.4 is 9.80 Å². The van der Waals surface area contributed by atoms with Gasteiger partial charge in [0, 0.05) is 38.9 Å². The SMILES string of the molecule is Cc1ccc(C)c(N2CCN(C(=O)CN(C)c3nc4c(F)cccc4s3)CC2)c1. The summed E-state index contributed by atoms with van der Waals surface area (Å²) in [5, 5.41) is 0.660. The van der Waals surface area contributed by atoms with E-state index >= 15 is 0 Å². The fourth-order valence-corrected chi connectivity index (χ4v) is 4.63. The smallest absolute Gasteiger partial charge is 0.242 e. The van der Waals surface area contributed by atoms with E-state index in [0.717, 1.165) is 17.8 Å². The Balaban J connectivity index is 1.38. The van der Waals surface area contributed by atoms with Crippen LogP contribution in [-0.4, -0.2) is 55.6 Å². The van der Waals surface area contributed by atoms with Gasteiger partial charge in [-0.15, -0.1) is 0 Å². The molecule has 1 saturated heterocycles. The minimum absolute atomic E-state index is 0.0767. The Hall–Kier alpha value is -2.67. The summed E-state index contributed by atoms with van der Waals surface area (Å²) in [6.45, 7) is 7.53. The van der Waals surface area contributed by atoms with Gasteiger partial charge in [0.25, 0.3) is 0 Å². The maximum absolute atomic E-state index is 13.9. The maximum atomic E-state index is 13.9. The standard InChI is InChI=1S/C22H25FN4OS/c1-15-7-8-16(2)18(13-15)26-9-11-27(12-10-26)20(28)14-25(3)22-24-21-17(23)5-4-6-19(21)29-22/h4-8,13H,9-12,14H2,1-3H3. The Kier molecular flexibility index (Phi) is 5.41. The second-order valence-electron chi connectivity index (χ2n) is 7.60. The van der Waals surface area contributed by atoms with Crippen molar-refractivity contribution in [2.24, 2.45) is 0 Å². The Morgan fingerprint density at radius 1 is 1.17 bits per heavy atom. The van der Waals surface area contributed by atoms with Crippen molar-refractivity contribution < 1.29 is 9.18 Å². The fraction of sp³-hybridized carbons (Fsp3) is 0.364. The van der Waals surface area contributed by atoms with Crippen LogP contribution >= 0.6 is 11.3 Å². The number of benzene rings is 2. The second kappa shape index (κ2) is 7.99. The predicted molar refractivity (Wildman–Crippen MR) is 118 cm³/mol. The summed E-state index contributed by atoms with van der Waals surface area (Å²) >= 11 is 1.40. The highest BCUT2D eigenvalue weighted by molar-refractivity contribution is 7.22. The molecule has 1 aromatic heterocycles. The minimum atomic E-state index is -0.327. The molecule has 1 aliphatic rings. The lowest BCUT2D eigenvalue weighted by molar-refractivity contribution is -0.129. The summed E-state index contributed by atoms with van der Waals surface area (Å²) in [6, 6.07) is 11.4. The van der Waals surface area contributed by atoms with Crippen molar-refractivity contribution in [1.82, 2.24) is 9.88 Å². The van der Waals surface area contributed by atoms with E-state index in [1.54, 1.807) is 6.07 Å². The van der Waals surface area contributed by atoms with Gasteiger partial charge in [0.2, 0.25) is 5.91 Å². The van der Waals surface area contributed by atoms with Crippen molar-refractivity contribution in [3.8, 4) is 0 Å². The molecule has 0 unspecified atom stereocenters. The molecule has 2 heterocycles. The summed E-state index contributed by atoms with van der Waals surface area (Å²) in [6.07, 6.45) is 0. The van der Waals surface area contributed by atoms with E-state index in [1.165, 1.54) is 34.2 Å². The summed E-state index contributed by atoms with van der Waals surface area (Å²) in [5.41, 5.74) is 4.14. The highest BCUT2D eigenvalue weighted by atomic mass is 32.1. The molecule has 29 heavy (non-hydrogen) atoms. The van der Waals surface area contributed by atoms with Gasteiger partial charge in [-0.05, 0) is 43.2 Å². The average molecular weight is 413 g/mol. The zero-order valence-corrected chi connectivity index (χ0v) is 17.8. The molecule has 2 aromatic carbocycles.